The number of hydrogen-bond acceptors (Lipinski definition) is 3. The molecule has 0 unspecified atom stereocenters. The van der Waals surface area contributed by atoms with Gasteiger partial charge in [0, 0.05) is 19.6 Å². The van der Waals surface area contributed by atoms with E-state index in [0.29, 0.717) is 32.4 Å². The molecular weight excluding hydrogens is 271 g/mol. The number of hydrogen-bond donors (Lipinski definition) is 2. The number of amides is 1. The lowest BCUT2D eigenvalue weighted by molar-refractivity contribution is -0.123. The molecule has 0 saturated carbocycles. The average Bonchev–Trinajstić information content (AvgIpc) is 2.43. The second-order valence-corrected chi connectivity index (χ2v) is 6.00. The third kappa shape index (κ3) is 5.44. The molecule has 1 aliphatic heterocycles. The van der Waals surface area contributed by atoms with E-state index in [9.17, 15) is 14.3 Å². The zero-order valence-corrected chi connectivity index (χ0v) is 12.4. The zero-order chi connectivity index (χ0) is 15.3. The van der Waals surface area contributed by atoms with Gasteiger partial charge in [0.25, 0.3) is 0 Å². The fourth-order valence-electron chi connectivity index (χ4n) is 2.45. The minimum Gasteiger partial charge on any atom is -0.390 e. The molecule has 1 aliphatic rings. The molecule has 1 aromatic rings. The SMILES string of the molecule is CC1(O)CCN(CC(=O)NCCc2ccc(F)cc2)CC1. The number of carbonyl (C=O) groups excluding carboxylic acids is 1. The smallest absolute Gasteiger partial charge is 0.234 e. The molecule has 0 radical (unpaired) electrons. The van der Waals surface area contributed by atoms with E-state index in [-0.39, 0.29) is 11.7 Å². The number of nitrogens with one attached hydrogen (secondary N) is 1. The number of rotatable bonds is 5. The minimum absolute atomic E-state index is 0.00125. The van der Waals surface area contributed by atoms with E-state index in [4.69, 9.17) is 0 Å². The second kappa shape index (κ2) is 7.00. The molecule has 0 aliphatic carbocycles. The molecule has 0 aromatic heterocycles. The quantitative estimate of drug-likeness (QED) is 0.861. The van der Waals surface area contributed by atoms with Crippen molar-refractivity contribution in [3.05, 3.63) is 35.6 Å². The summed E-state index contributed by atoms with van der Waals surface area (Å²) in [4.78, 5) is 13.9. The van der Waals surface area contributed by atoms with Crippen molar-refractivity contribution in [3.63, 3.8) is 0 Å². The van der Waals surface area contributed by atoms with Gasteiger partial charge in [-0.05, 0) is 43.9 Å². The van der Waals surface area contributed by atoms with Crippen LogP contribution >= 0.6 is 0 Å². The summed E-state index contributed by atoms with van der Waals surface area (Å²) in [5.41, 5.74) is 0.418. The first-order valence-electron chi connectivity index (χ1n) is 7.40. The Morgan fingerprint density at radius 1 is 1.33 bits per heavy atom. The molecule has 1 saturated heterocycles. The first kappa shape index (κ1) is 15.9. The monoisotopic (exact) mass is 294 g/mol. The molecule has 116 valence electrons. The van der Waals surface area contributed by atoms with Gasteiger partial charge >= 0.3 is 0 Å². The average molecular weight is 294 g/mol. The molecule has 2 N–H and O–H groups in total. The fraction of sp³-hybridized carbons (Fsp3) is 0.562. The number of likely N-dealkylation sites (tertiary alicyclic amines) is 1. The van der Waals surface area contributed by atoms with Crippen LogP contribution in [0.2, 0.25) is 0 Å². The van der Waals surface area contributed by atoms with Gasteiger partial charge < -0.3 is 10.4 Å². The van der Waals surface area contributed by atoms with Crippen molar-refractivity contribution in [1.29, 1.82) is 0 Å². The van der Waals surface area contributed by atoms with E-state index in [1.165, 1.54) is 12.1 Å². The third-order valence-corrected chi connectivity index (χ3v) is 3.95. The van der Waals surface area contributed by atoms with Gasteiger partial charge in [0.2, 0.25) is 5.91 Å². The van der Waals surface area contributed by atoms with Crippen molar-refractivity contribution in [2.24, 2.45) is 0 Å². The van der Waals surface area contributed by atoms with Crippen LogP contribution in [0.15, 0.2) is 24.3 Å². The lowest BCUT2D eigenvalue weighted by atomic mass is 9.94. The van der Waals surface area contributed by atoms with Crippen molar-refractivity contribution >= 4 is 5.91 Å². The summed E-state index contributed by atoms with van der Waals surface area (Å²) in [5.74, 6) is -0.248. The van der Waals surface area contributed by atoms with Crippen molar-refractivity contribution in [1.82, 2.24) is 10.2 Å². The molecule has 0 bridgehead atoms. The molecule has 21 heavy (non-hydrogen) atoms. The molecule has 0 atom stereocenters. The Morgan fingerprint density at radius 2 is 1.95 bits per heavy atom. The number of benzene rings is 1. The van der Waals surface area contributed by atoms with Crippen molar-refractivity contribution in [2.45, 2.75) is 31.8 Å². The lowest BCUT2D eigenvalue weighted by Crippen LogP contribution is -2.46. The Hall–Kier alpha value is -1.46. The highest BCUT2D eigenvalue weighted by atomic mass is 19.1. The number of nitrogens with zero attached hydrogens (tertiary/aromatic N) is 1. The molecule has 1 amide bonds. The summed E-state index contributed by atoms with van der Waals surface area (Å²) in [7, 11) is 0. The van der Waals surface area contributed by atoms with Crippen LogP contribution in [0.1, 0.15) is 25.3 Å². The maximum absolute atomic E-state index is 12.8. The van der Waals surface area contributed by atoms with Gasteiger partial charge in [-0.25, -0.2) is 4.39 Å². The van der Waals surface area contributed by atoms with Crippen LogP contribution in [0.5, 0.6) is 0 Å². The topological polar surface area (TPSA) is 52.6 Å². The minimum atomic E-state index is -0.588. The van der Waals surface area contributed by atoms with Gasteiger partial charge in [-0.2, -0.15) is 0 Å². The van der Waals surface area contributed by atoms with Crippen molar-refractivity contribution in [3.8, 4) is 0 Å². The number of aliphatic hydroxyl groups is 1. The summed E-state index contributed by atoms with van der Waals surface area (Å²) < 4.78 is 12.8. The van der Waals surface area contributed by atoms with Gasteiger partial charge in [-0.15, -0.1) is 0 Å². The number of halogens is 1. The summed E-state index contributed by atoms with van der Waals surface area (Å²) in [6.45, 7) is 4.26. The molecule has 2 rings (SSSR count). The molecule has 0 spiro atoms. The highest BCUT2D eigenvalue weighted by Gasteiger charge is 2.27. The normalized spacial score (nSPS) is 18.4. The summed E-state index contributed by atoms with van der Waals surface area (Å²) in [6, 6.07) is 6.32. The molecule has 4 nitrogen and oxygen atoms in total. The van der Waals surface area contributed by atoms with Crippen LogP contribution in [0.3, 0.4) is 0 Å². The van der Waals surface area contributed by atoms with Crippen molar-refractivity contribution < 1.29 is 14.3 Å². The first-order chi connectivity index (χ1) is 9.94. The second-order valence-electron chi connectivity index (χ2n) is 6.00. The lowest BCUT2D eigenvalue weighted by Gasteiger charge is -2.35. The summed E-state index contributed by atoms with van der Waals surface area (Å²) in [5, 5.41) is 12.7. The van der Waals surface area contributed by atoms with Gasteiger partial charge in [0.05, 0.1) is 12.1 Å². The Bertz CT molecular complexity index is 464. The van der Waals surface area contributed by atoms with Crippen LogP contribution in [-0.4, -0.2) is 47.7 Å². The Morgan fingerprint density at radius 3 is 2.57 bits per heavy atom. The Labute approximate surface area is 125 Å². The fourth-order valence-corrected chi connectivity index (χ4v) is 2.45. The van der Waals surface area contributed by atoms with Gasteiger partial charge in [0.1, 0.15) is 5.82 Å². The Balaban J connectivity index is 1.65. The van der Waals surface area contributed by atoms with Gasteiger partial charge in [-0.3, -0.25) is 9.69 Å². The first-order valence-corrected chi connectivity index (χ1v) is 7.40. The maximum atomic E-state index is 12.8. The van der Waals surface area contributed by atoms with E-state index in [0.717, 1.165) is 18.7 Å². The van der Waals surface area contributed by atoms with Crippen LogP contribution in [0.4, 0.5) is 4.39 Å². The predicted molar refractivity (Wildman–Crippen MR) is 79.4 cm³/mol. The van der Waals surface area contributed by atoms with Crippen LogP contribution in [0.25, 0.3) is 0 Å². The predicted octanol–water partition coefficient (Wildman–Crippen LogP) is 1.33. The molecule has 1 fully saturated rings. The standard InChI is InChI=1S/C16H23FN2O2/c1-16(21)7-10-19(11-8-16)12-15(20)18-9-6-13-2-4-14(17)5-3-13/h2-5,21H,6-12H2,1H3,(H,18,20). The van der Waals surface area contributed by atoms with E-state index >= 15 is 0 Å². The van der Waals surface area contributed by atoms with E-state index in [2.05, 4.69) is 10.2 Å². The largest absolute Gasteiger partial charge is 0.390 e. The van der Waals surface area contributed by atoms with Crippen LogP contribution < -0.4 is 5.32 Å². The zero-order valence-electron chi connectivity index (χ0n) is 12.4. The highest BCUT2D eigenvalue weighted by molar-refractivity contribution is 5.78. The Kier molecular flexibility index (Phi) is 5.31. The number of carbonyl (C=O) groups is 1. The number of piperidine rings is 1. The van der Waals surface area contributed by atoms with E-state index in [1.54, 1.807) is 12.1 Å². The molecule has 1 aromatic carbocycles. The molecular formula is C16H23FN2O2. The van der Waals surface area contributed by atoms with E-state index in [1.807, 2.05) is 6.92 Å². The van der Waals surface area contributed by atoms with Crippen molar-refractivity contribution in [2.75, 3.05) is 26.2 Å². The molecule has 5 heteroatoms. The highest BCUT2D eigenvalue weighted by Crippen LogP contribution is 2.20. The molecule has 1 heterocycles. The van der Waals surface area contributed by atoms with Crippen LogP contribution in [-0.2, 0) is 11.2 Å². The summed E-state index contributed by atoms with van der Waals surface area (Å²) in [6.07, 6.45) is 2.10. The summed E-state index contributed by atoms with van der Waals surface area (Å²) >= 11 is 0. The van der Waals surface area contributed by atoms with Gasteiger partial charge in [0.15, 0.2) is 0 Å². The van der Waals surface area contributed by atoms with E-state index < -0.39 is 5.60 Å². The van der Waals surface area contributed by atoms with Gasteiger partial charge in [-0.1, -0.05) is 12.1 Å². The maximum Gasteiger partial charge on any atom is 0.234 e. The van der Waals surface area contributed by atoms with Crippen LogP contribution in [0, 0.1) is 5.82 Å². The third-order valence-electron chi connectivity index (χ3n) is 3.95.